The van der Waals surface area contributed by atoms with Gasteiger partial charge in [-0.05, 0) is 57.4 Å². The van der Waals surface area contributed by atoms with Crippen molar-refractivity contribution in [2.75, 3.05) is 0 Å². The lowest BCUT2D eigenvalue weighted by molar-refractivity contribution is -0.0500. The largest absolute Gasteiger partial charge is 0.534 e. The molecule has 1 aliphatic heterocycles. The standard InChI is InChI=1S/C16H20F3NO5S/c1-9-12-8-20(14(21)24-15(3,4)5)10(2)11(12)6-7-13(9)25-26(22,23)16(17,18)19/h6-7,10H,8H2,1-5H3/t10-/m0/s1. The van der Waals surface area contributed by atoms with E-state index in [1.807, 2.05) is 0 Å². The Labute approximate surface area is 150 Å². The molecule has 1 amide bonds. The zero-order chi connectivity index (χ0) is 20.1. The highest BCUT2D eigenvalue weighted by molar-refractivity contribution is 7.88. The minimum Gasteiger partial charge on any atom is -0.444 e. The number of halogens is 3. The SMILES string of the molecule is Cc1c(OS(=O)(=O)C(F)(F)F)ccc2c1CN(C(=O)OC(C)(C)C)[C@H]2C. The molecule has 0 unspecified atom stereocenters. The van der Waals surface area contributed by atoms with E-state index in [1.54, 1.807) is 27.7 Å². The van der Waals surface area contributed by atoms with Gasteiger partial charge in [0.25, 0.3) is 0 Å². The molecule has 26 heavy (non-hydrogen) atoms. The summed E-state index contributed by atoms with van der Waals surface area (Å²) in [5, 5.41) is 0. The number of carbonyl (C=O) groups is 1. The molecule has 1 atom stereocenters. The van der Waals surface area contributed by atoms with E-state index in [0.29, 0.717) is 11.1 Å². The van der Waals surface area contributed by atoms with Crippen molar-refractivity contribution < 1.29 is 35.3 Å². The molecule has 146 valence electrons. The van der Waals surface area contributed by atoms with Crippen molar-refractivity contribution in [1.82, 2.24) is 4.90 Å². The van der Waals surface area contributed by atoms with E-state index in [4.69, 9.17) is 4.74 Å². The molecular formula is C16H20F3NO5S. The van der Waals surface area contributed by atoms with Crippen molar-refractivity contribution in [1.29, 1.82) is 0 Å². The Morgan fingerprint density at radius 3 is 2.31 bits per heavy atom. The van der Waals surface area contributed by atoms with E-state index in [9.17, 15) is 26.4 Å². The topological polar surface area (TPSA) is 72.9 Å². The van der Waals surface area contributed by atoms with Crippen molar-refractivity contribution in [3.05, 3.63) is 28.8 Å². The van der Waals surface area contributed by atoms with Crippen LogP contribution in [0.4, 0.5) is 18.0 Å². The van der Waals surface area contributed by atoms with Crippen LogP contribution in [0, 0.1) is 6.92 Å². The lowest BCUT2D eigenvalue weighted by Gasteiger charge is -2.27. The number of ether oxygens (including phenoxy) is 1. The number of rotatable bonds is 2. The average molecular weight is 395 g/mol. The van der Waals surface area contributed by atoms with Gasteiger partial charge in [0.05, 0.1) is 12.6 Å². The number of carbonyl (C=O) groups excluding carboxylic acids is 1. The summed E-state index contributed by atoms with van der Waals surface area (Å²) in [6, 6.07) is 2.25. The first kappa shape index (κ1) is 20.3. The maximum atomic E-state index is 12.5. The molecule has 0 saturated heterocycles. The number of nitrogens with zero attached hydrogens (tertiary/aromatic N) is 1. The molecule has 6 nitrogen and oxygen atoms in total. The normalized spacial score (nSPS) is 17.8. The predicted molar refractivity (Wildman–Crippen MR) is 87.0 cm³/mol. The lowest BCUT2D eigenvalue weighted by atomic mass is 10.0. The molecular weight excluding hydrogens is 375 g/mol. The van der Waals surface area contributed by atoms with Crippen LogP contribution in [0.25, 0.3) is 0 Å². The predicted octanol–water partition coefficient (Wildman–Crippen LogP) is 4.04. The van der Waals surface area contributed by atoms with Crippen molar-refractivity contribution in [2.45, 2.75) is 58.3 Å². The van der Waals surface area contributed by atoms with Crippen molar-refractivity contribution in [3.8, 4) is 5.75 Å². The second kappa shape index (κ2) is 6.33. The molecule has 0 aromatic heterocycles. The molecule has 1 aliphatic rings. The Balaban J connectivity index is 2.33. The van der Waals surface area contributed by atoms with Crippen LogP contribution in [0.3, 0.4) is 0 Å². The van der Waals surface area contributed by atoms with Crippen LogP contribution < -0.4 is 4.18 Å². The second-order valence-electron chi connectivity index (χ2n) is 7.02. The third kappa shape index (κ3) is 3.89. The quantitative estimate of drug-likeness (QED) is 0.558. The van der Waals surface area contributed by atoms with Gasteiger partial charge in [0, 0.05) is 0 Å². The van der Waals surface area contributed by atoms with Crippen molar-refractivity contribution >= 4 is 16.2 Å². The monoisotopic (exact) mass is 395 g/mol. The van der Waals surface area contributed by atoms with Crippen LogP contribution in [0.15, 0.2) is 12.1 Å². The van der Waals surface area contributed by atoms with Crippen molar-refractivity contribution in [2.24, 2.45) is 0 Å². The number of benzene rings is 1. The Hall–Kier alpha value is -1.97. The highest BCUT2D eigenvalue weighted by atomic mass is 32.2. The number of fused-ring (bicyclic) bond motifs is 1. The third-order valence-electron chi connectivity index (χ3n) is 3.94. The van der Waals surface area contributed by atoms with Crippen LogP contribution in [-0.4, -0.2) is 30.5 Å². The number of hydrogen-bond donors (Lipinski definition) is 0. The zero-order valence-electron chi connectivity index (χ0n) is 15.0. The molecule has 0 aliphatic carbocycles. The molecule has 2 rings (SSSR count). The zero-order valence-corrected chi connectivity index (χ0v) is 15.8. The van der Waals surface area contributed by atoms with Crippen LogP contribution in [0.2, 0.25) is 0 Å². The summed E-state index contributed by atoms with van der Waals surface area (Å²) in [6.45, 7) is 8.45. The molecule has 0 N–H and O–H groups in total. The van der Waals surface area contributed by atoms with Crippen LogP contribution in [0.5, 0.6) is 5.75 Å². The number of amides is 1. The van der Waals surface area contributed by atoms with E-state index in [-0.39, 0.29) is 18.2 Å². The Kier molecular flexibility index (Phi) is 4.95. The smallest absolute Gasteiger partial charge is 0.444 e. The summed E-state index contributed by atoms with van der Waals surface area (Å²) in [7, 11) is -5.76. The molecule has 1 heterocycles. The Morgan fingerprint density at radius 2 is 1.81 bits per heavy atom. The van der Waals surface area contributed by atoms with Gasteiger partial charge in [-0.3, -0.25) is 4.90 Å². The van der Waals surface area contributed by atoms with Crippen LogP contribution >= 0.6 is 0 Å². The summed E-state index contributed by atoms with van der Waals surface area (Å²) < 4.78 is 69.6. The first-order valence-corrected chi connectivity index (χ1v) is 9.17. The average Bonchev–Trinajstić information content (AvgIpc) is 2.77. The fourth-order valence-electron chi connectivity index (χ4n) is 2.63. The summed E-state index contributed by atoms with van der Waals surface area (Å²) in [6.07, 6.45) is -0.564. The third-order valence-corrected chi connectivity index (χ3v) is 4.91. The molecule has 0 spiro atoms. The van der Waals surface area contributed by atoms with E-state index in [0.717, 1.165) is 6.07 Å². The maximum absolute atomic E-state index is 12.5. The molecule has 1 aromatic rings. The molecule has 0 saturated carbocycles. The second-order valence-corrected chi connectivity index (χ2v) is 8.56. The Morgan fingerprint density at radius 1 is 1.23 bits per heavy atom. The van der Waals surface area contributed by atoms with E-state index >= 15 is 0 Å². The highest BCUT2D eigenvalue weighted by Gasteiger charge is 2.49. The number of hydrogen-bond acceptors (Lipinski definition) is 5. The van der Waals surface area contributed by atoms with E-state index in [2.05, 4.69) is 4.18 Å². The summed E-state index contributed by atoms with van der Waals surface area (Å²) >= 11 is 0. The molecule has 0 bridgehead atoms. The van der Waals surface area contributed by atoms with Gasteiger partial charge in [-0.1, -0.05) is 6.07 Å². The van der Waals surface area contributed by atoms with Gasteiger partial charge in [-0.25, -0.2) is 4.79 Å². The van der Waals surface area contributed by atoms with Gasteiger partial charge >= 0.3 is 21.7 Å². The van der Waals surface area contributed by atoms with Crippen molar-refractivity contribution in [3.63, 3.8) is 0 Å². The molecule has 0 radical (unpaired) electrons. The molecule has 1 aromatic carbocycles. The lowest BCUT2D eigenvalue weighted by Crippen LogP contribution is -2.35. The van der Waals surface area contributed by atoms with E-state index < -0.39 is 33.1 Å². The maximum Gasteiger partial charge on any atom is 0.534 e. The summed E-state index contributed by atoms with van der Waals surface area (Å²) in [5.74, 6) is -0.417. The first-order chi connectivity index (χ1) is 11.6. The minimum absolute atomic E-state index is 0.0838. The highest BCUT2D eigenvalue weighted by Crippen LogP contribution is 2.40. The van der Waals surface area contributed by atoms with Gasteiger partial charge in [0.15, 0.2) is 0 Å². The summed E-state index contributed by atoms with van der Waals surface area (Å²) in [4.78, 5) is 13.7. The number of alkyl halides is 3. The van der Waals surface area contributed by atoms with E-state index in [1.165, 1.54) is 17.9 Å². The van der Waals surface area contributed by atoms with Gasteiger partial charge in [0.2, 0.25) is 0 Å². The summed E-state index contributed by atoms with van der Waals surface area (Å²) in [5.41, 5.74) is -4.75. The fourth-order valence-corrected chi connectivity index (χ4v) is 3.14. The van der Waals surface area contributed by atoms with Gasteiger partial charge in [0.1, 0.15) is 11.4 Å². The first-order valence-electron chi connectivity index (χ1n) is 7.77. The Bertz CT molecular complexity index is 828. The van der Waals surface area contributed by atoms with Gasteiger partial charge in [-0.15, -0.1) is 0 Å². The molecule has 0 fully saturated rings. The van der Waals surface area contributed by atoms with Gasteiger partial charge in [-0.2, -0.15) is 21.6 Å². The minimum atomic E-state index is -5.76. The van der Waals surface area contributed by atoms with Gasteiger partial charge < -0.3 is 8.92 Å². The van der Waals surface area contributed by atoms with Crippen LogP contribution in [-0.2, 0) is 21.4 Å². The fraction of sp³-hybridized carbons (Fsp3) is 0.562. The molecule has 10 heteroatoms. The van der Waals surface area contributed by atoms with Crippen LogP contribution in [0.1, 0.15) is 50.4 Å².